The van der Waals surface area contributed by atoms with Crippen LogP contribution in [0.2, 0.25) is 0 Å². The van der Waals surface area contributed by atoms with Crippen molar-refractivity contribution in [2.24, 2.45) is 5.92 Å². The molecule has 5 nitrogen and oxygen atoms in total. The number of rotatable bonds is 5. The van der Waals surface area contributed by atoms with Crippen molar-refractivity contribution < 1.29 is 13.2 Å². The number of aryl methyl sites for hydroxylation is 1. The molecule has 0 aliphatic heterocycles. The average molecular weight is 386 g/mol. The SMILES string of the molecule is Cc1nc(CC2CC2)sc1C(=O)NS(=O)(=O)c1ccc2ccccc2c1. The number of nitrogens with one attached hydrogen (secondary N) is 1. The highest BCUT2D eigenvalue weighted by Crippen LogP contribution is 2.34. The largest absolute Gasteiger partial charge is 0.276 e. The van der Waals surface area contributed by atoms with E-state index in [2.05, 4.69) is 9.71 Å². The Hall–Kier alpha value is -2.25. The van der Waals surface area contributed by atoms with Crippen LogP contribution in [-0.4, -0.2) is 19.3 Å². The summed E-state index contributed by atoms with van der Waals surface area (Å²) in [5.74, 6) is 0.0491. The maximum Gasteiger partial charge on any atom is 0.276 e. The van der Waals surface area contributed by atoms with Crippen LogP contribution in [0.3, 0.4) is 0 Å². The second-order valence-corrected chi connectivity index (χ2v) is 9.38. The molecule has 7 heteroatoms. The summed E-state index contributed by atoms with van der Waals surface area (Å²) in [4.78, 5) is 17.4. The molecule has 0 spiro atoms. The minimum Gasteiger partial charge on any atom is -0.267 e. The van der Waals surface area contributed by atoms with Crippen molar-refractivity contribution in [2.45, 2.75) is 31.1 Å². The van der Waals surface area contributed by atoms with Crippen LogP contribution in [0, 0.1) is 12.8 Å². The highest BCUT2D eigenvalue weighted by Gasteiger charge is 2.26. The molecule has 0 atom stereocenters. The summed E-state index contributed by atoms with van der Waals surface area (Å²) in [7, 11) is -3.94. The van der Waals surface area contributed by atoms with E-state index in [4.69, 9.17) is 0 Å². The third-order valence-corrected chi connectivity index (χ3v) is 6.97. The molecule has 1 aliphatic carbocycles. The minimum atomic E-state index is -3.94. The van der Waals surface area contributed by atoms with Crippen molar-refractivity contribution in [1.82, 2.24) is 9.71 Å². The van der Waals surface area contributed by atoms with Crippen LogP contribution in [0.15, 0.2) is 47.4 Å². The number of amides is 1. The molecule has 0 saturated heterocycles. The molecule has 0 unspecified atom stereocenters. The molecule has 134 valence electrons. The predicted molar refractivity (Wildman–Crippen MR) is 102 cm³/mol. The Morgan fingerprint density at radius 2 is 1.92 bits per heavy atom. The number of hydrogen-bond donors (Lipinski definition) is 1. The zero-order valence-corrected chi connectivity index (χ0v) is 15.9. The van der Waals surface area contributed by atoms with E-state index in [1.165, 1.54) is 30.2 Å². The lowest BCUT2D eigenvalue weighted by Crippen LogP contribution is -2.30. The van der Waals surface area contributed by atoms with E-state index in [0.717, 1.165) is 22.2 Å². The Morgan fingerprint density at radius 1 is 1.19 bits per heavy atom. The Kier molecular flexibility index (Phi) is 4.28. The lowest BCUT2D eigenvalue weighted by atomic mass is 10.1. The zero-order valence-electron chi connectivity index (χ0n) is 14.2. The first-order valence-corrected chi connectivity index (χ1v) is 10.7. The van der Waals surface area contributed by atoms with Gasteiger partial charge < -0.3 is 0 Å². The smallest absolute Gasteiger partial charge is 0.267 e. The third kappa shape index (κ3) is 3.50. The fourth-order valence-electron chi connectivity index (χ4n) is 2.88. The molecule has 1 N–H and O–H groups in total. The molecular weight excluding hydrogens is 368 g/mol. The van der Waals surface area contributed by atoms with Crippen LogP contribution in [0.1, 0.15) is 33.2 Å². The number of aromatic nitrogens is 1. The monoisotopic (exact) mass is 386 g/mol. The Balaban J connectivity index is 1.58. The number of fused-ring (bicyclic) bond motifs is 1. The molecule has 1 amide bonds. The number of hydrogen-bond acceptors (Lipinski definition) is 5. The van der Waals surface area contributed by atoms with Crippen molar-refractivity contribution in [3.63, 3.8) is 0 Å². The van der Waals surface area contributed by atoms with Crippen LogP contribution in [0.5, 0.6) is 0 Å². The van der Waals surface area contributed by atoms with E-state index in [9.17, 15) is 13.2 Å². The molecule has 1 aromatic heterocycles. The standard InChI is InChI=1S/C19H18N2O3S2/c1-12-18(25-17(20-12)10-13-6-7-13)19(22)21-26(23,24)16-9-8-14-4-2-3-5-15(14)11-16/h2-5,8-9,11,13H,6-7,10H2,1H3,(H,21,22). The fourth-order valence-corrected chi connectivity index (χ4v) is 5.01. The van der Waals surface area contributed by atoms with Crippen molar-refractivity contribution >= 4 is 38.0 Å². The van der Waals surface area contributed by atoms with Gasteiger partial charge in [0.2, 0.25) is 0 Å². The Labute approximate surface area is 156 Å². The first kappa shape index (κ1) is 17.2. The van der Waals surface area contributed by atoms with E-state index in [0.29, 0.717) is 16.5 Å². The highest BCUT2D eigenvalue weighted by molar-refractivity contribution is 7.90. The predicted octanol–water partition coefficient (Wildman–Crippen LogP) is 3.68. The highest BCUT2D eigenvalue weighted by atomic mass is 32.2. The van der Waals surface area contributed by atoms with Gasteiger partial charge in [-0.15, -0.1) is 11.3 Å². The summed E-state index contributed by atoms with van der Waals surface area (Å²) < 4.78 is 27.4. The van der Waals surface area contributed by atoms with Crippen molar-refractivity contribution in [3.05, 3.63) is 58.0 Å². The number of benzene rings is 2. The summed E-state index contributed by atoms with van der Waals surface area (Å²) in [6.45, 7) is 1.74. The summed E-state index contributed by atoms with van der Waals surface area (Å²) in [6, 6.07) is 12.3. The molecule has 1 fully saturated rings. The van der Waals surface area contributed by atoms with Gasteiger partial charge in [0, 0.05) is 6.42 Å². The van der Waals surface area contributed by atoms with Gasteiger partial charge >= 0.3 is 0 Å². The van der Waals surface area contributed by atoms with Gasteiger partial charge in [-0.3, -0.25) is 4.79 Å². The Morgan fingerprint density at radius 3 is 2.65 bits per heavy atom. The number of carbonyl (C=O) groups excluding carboxylic acids is 1. The first-order chi connectivity index (χ1) is 12.4. The van der Waals surface area contributed by atoms with Crippen LogP contribution in [0.25, 0.3) is 10.8 Å². The second kappa shape index (κ2) is 6.48. The molecule has 3 aromatic rings. The number of nitrogens with zero attached hydrogens (tertiary/aromatic N) is 1. The molecular formula is C19H18N2O3S2. The number of sulfonamides is 1. The van der Waals surface area contributed by atoms with E-state index in [1.807, 2.05) is 24.3 Å². The molecule has 0 bridgehead atoms. The molecule has 0 radical (unpaired) electrons. The summed E-state index contributed by atoms with van der Waals surface area (Å²) >= 11 is 1.29. The quantitative estimate of drug-likeness (QED) is 0.726. The third-order valence-electron chi connectivity index (χ3n) is 4.47. The zero-order chi connectivity index (χ0) is 18.3. The molecule has 1 heterocycles. The number of thiazole rings is 1. The van der Waals surface area contributed by atoms with Crippen LogP contribution >= 0.6 is 11.3 Å². The molecule has 4 rings (SSSR count). The van der Waals surface area contributed by atoms with Gasteiger partial charge in [-0.05, 0) is 48.6 Å². The van der Waals surface area contributed by atoms with Crippen molar-refractivity contribution in [1.29, 1.82) is 0 Å². The van der Waals surface area contributed by atoms with E-state index < -0.39 is 15.9 Å². The summed E-state index contributed by atoms with van der Waals surface area (Å²) in [5.41, 5.74) is 0.580. The van der Waals surface area contributed by atoms with Crippen molar-refractivity contribution in [3.8, 4) is 0 Å². The Bertz CT molecular complexity index is 1100. The van der Waals surface area contributed by atoms with E-state index in [1.54, 1.807) is 19.1 Å². The van der Waals surface area contributed by atoms with E-state index in [-0.39, 0.29) is 4.90 Å². The van der Waals surface area contributed by atoms with Gasteiger partial charge in [0.05, 0.1) is 15.6 Å². The van der Waals surface area contributed by atoms with Crippen LogP contribution in [-0.2, 0) is 16.4 Å². The van der Waals surface area contributed by atoms with Gasteiger partial charge in [0.1, 0.15) is 4.88 Å². The lowest BCUT2D eigenvalue weighted by molar-refractivity contribution is 0.0984. The number of carbonyl (C=O) groups is 1. The topological polar surface area (TPSA) is 76.1 Å². The lowest BCUT2D eigenvalue weighted by Gasteiger charge is -2.07. The average Bonchev–Trinajstić information content (AvgIpc) is 3.34. The molecule has 2 aromatic carbocycles. The van der Waals surface area contributed by atoms with Gasteiger partial charge in [0.25, 0.3) is 15.9 Å². The normalized spacial score (nSPS) is 14.5. The van der Waals surface area contributed by atoms with Gasteiger partial charge in [-0.25, -0.2) is 18.1 Å². The minimum absolute atomic E-state index is 0.0740. The van der Waals surface area contributed by atoms with Crippen molar-refractivity contribution in [2.75, 3.05) is 0 Å². The van der Waals surface area contributed by atoms with Gasteiger partial charge in [-0.2, -0.15) is 0 Å². The van der Waals surface area contributed by atoms with E-state index >= 15 is 0 Å². The van der Waals surface area contributed by atoms with Crippen LogP contribution in [0.4, 0.5) is 0 Å². The second-order valence-electron chi connectivity index (χ2n) is 6.61. The molecule has 1 saturated carbocycles. The maximum absolute atomic E-state index is 12.6. The summed E-state index contributed by atoms with van der Waals surface area (Å²) in [5, 5.41) is 2.66. The molecule has 1 aliphatic rings. The summed E-state index contributed by atoms with van der Waals surface area (Å²) in [6.07, 6.45) is 3.28. The first-order valence-electron chi connectivity index (χ1n) is 8.44. The maximum atomic E-state index is 12.6. The molecule has 26 heavy (non-hydrogen) atoms. The fraction of sp³-hybridized carbons (Fsp3) is 0.263. The van der Waals surface area contributed by atoms with Crippen LogP contribution < -0.4 is 4.72 Å². The van der Waals surface area contributed by atoms with Gasteiger partial charge in [0.15, 0.2) is 0 Å². The van der Waals surface area contributed by atoms with Gasteiger partial charge in [-0.1, -0.05) is 30.3 Å².